The minimum Gasteiger partial charge on any atom is -0.383 e. The van der Waals surface area contributed by atoms with Crippen molar-refractivity contribution in [2.24, 2.45) is 7.05 Å². The average molecular weight is 323 g/mol. The van der Waals surface area contributed by atoms with Crippen molar-refractivity contribution in [2.45, 2.75) is 6.92 Å². The monoisotopic (exact) mass is 322 g/mol. The van der Waals surface area contributed by atoms with Gasteiger partial charge in [-0.25, -0.2) is 4.98 Å². The summed E-state index contributed by atoms with van der Waals surface area (Å²) in [5, 5.41) is 10.2. The van der Waals surface area contributed by atoms with Gasteiger partial charge < -0.3 is 10.3 Å². The average Bonchev–Trinajstić information content (AvgIpc) is 2.94. The molecule has 1 aromatic carbocycles. The lowest BCUT2D eigenvalue weighted by molar-refractivity contribution is 0.934. The zero-order valence-corrected chi connectivity index (χ0v) is 13.6. The number of benzene rings is 1. The number of hydrogen-bond donors (Lipinski definition) is 1. The maximum absolute atomic E-state index is 9.52. The van der Waals surface area contributed by atoms with Crippen molar-refractivity contribution in [2.75, 3.05) is 5.73 Å². The van der Waals surface area contributed by atoms with E-state index in [1.54, 1.807) is 0 Å². The molecule has 0 aliphatic rings. The van der Waals surface area contributed by atoms with Crippen LogP contribution in [0.15, 0.2) is 42.6 Å². The highest BCUT2D eigenvalue weighted by Gasteiger charge is 2.19. The molecular weight excluding hydrogens is 308 g/mol. The van der Waals surface area contributed by atoms with E-state index in [1.807, 2.05) is 61.1 Å². The molecule has 0 aliphatic carbocycles. The zero-order valence-electron chi connectivity index (χ0n) is 12.8. The fourth-order valence-electron chi connectivity index (χ4n) is 2.77. The van der Waals surface area contributed by atoms with E-state index in [1.165, 1.54) is 0 Å². The highest BCUT2D eigenvalue weighted by Crippen LogP contribution is 2.36. The van der Waals surface area contributed by atoms with Gasteiger partial charge in [-0.15, -0.1) is 0 Å². The summed E-state index contributed by atoms with van der Waals surface area (Å²) >= 11 is 6.09. The van der Waals surface area contributed by atoms with Crippen molar-refractivity contribution < 1.29 is 0 Å². The van der Waals surface area contributed by atoms with Crippen molar-refractivity contribution in [3.8, 4) is 28.6 Å². The molecule has 3 rings (SSSR count). The quantitative estimate of drug-likeness (QED) is 0.770. The molecule has 5 heteroatoms. The molecule has 0 spiro atoms. The van der Waals surface area contributed by atoms with E-state index in [0.29, 0.717) is 10.6 Å². The van der Waals surface area contributed by atoms with Crippen molar-refractivity contribution >= 4 is 17.4 Å². The number of aryl methyl sites for hydroxylation is 1. The van der Waals surface area contributed by atoms with E-state index in [0.717, 1.165) is 28.1 Å². The smallest absolute Gasteiger partial charge is 0.142 e. The summed E-state index contributed by atoms with van der Waals surface area (Å²) < 4.78 is 1.96. The Bertz CT molecular complexity index is 935. The maximum Gasteiger partial charge on any atom is 0.142 e. The molecular formula is C18H15ClN4. The fraction of sp³-hybridized carbons (Fsp3) is 0.111. The Kier molecular flexibility index (Phi) is 3.81. The Morgan fingerprint density at radius 2 is 2.04 bits per heavy atom. The summed E-state index contributed by atoms with van der Waals surface area (Å²) in [4.78, 5) is 4.44. The van der Waals surface area contributed by atoms with Gasteiger partial charge in [-0.2, -0.15) is 5.26 Å². The van der Waals surface area contributed by atoms with Crippen LogP contribution in [-0.2, 0) is 7.05 Å². The lowest BCUT2D eigenvalue weighted by Gasteiger charge is -2.15. The molecule has 0 bridgehead atoms. The topological polar surface area (TPSA) is 67.6 Å². The molecule has 2 heterocycles. The van der Waals surface area contributed by atoms with Crippen molar-refractivity contribution in [3.63, 3.8) is 0 Å². The first-order chi connectivity index (χ1) is 11.0. The van der Waals surface area contributed by atoms with Crippen LogP contribution in [0.25, 0.3) is 22.5 Å². The Balaban J connectivity index is 2.36. The normalized spacial score (nSPS) is 10.5. The van der Waals surface area contributed by atoms with Crippen LogP contribution in [0.5, 0.6) is 0 Å². The van der Waals surface area contributed by atoms with E-state index >= 15 is 0 Å². The number of nitrogen functional groups attached to an aromatic ring is 1. The largest absolute Gasteiger partial charge is 0.383 e. The van der Waals surface area contributed by atoms with Gasteiger partial charge in [0, 0.05) is 35.1 Å². The Labute approximate surface area is 139 Å². The van der Waals surface area contributed by atoms with Crippen molar-refractivity contribution in [1.29, 1.82) is 5.26 Å². The first kappa shape index (κ1) is 15.1. The SMILES string of the molecule is Cc1c(-c2cccc(Cl)c2)nc(N)c(C#N)c1-c1cccn1C. The van der Waals surface area contributed by atoms with Crippen LogP contribution in [0.1, 0.15) is 11.1 Å². The summed E-state index contributed by atoms with van der Waals surface area (Å²) in [5.41, 5.74) is 10.7. The highest BCUT2D eigenvalue weighted by atomic mass is 35.5. The third kappa shape index (κ3) is 2.56. The molecule has 2 N–H and O–H groups in total. The van der Waals surface area contributed by atoms with Crippen LogP contribution in [0.4, 0.5) is 5.82 Å². The predicted octanol–water partition coefficient (Wildman–Crippen LogP) is 4.17. The van der Waals surface area contributed by atoms with Crippen molar-refractivity contribution in [1.82, 2.24) is 9.55 Å². The number of aromatic nitrogens is 2. The molecule has 0 saturated heterocycles. The summed E-state index contributed by atoms with van der Waals surface area (Å²) in [6.45, 7) is 1.95. The molecule has 0 radical (unpaired) electrons. The Morgan fingerprint density at radius 1 is 1.26 bits per heavy atom. The third-order valence-corrected chi connectivity index (χ3v) is 4.11. The molecule has 23 heavy (non-hydrogen) atoms. The van der Waals surface area contributed by atoms with Crippen LogP contribution in [0.3, 0.4) is 0 Å². The molecule has 2 aromatic heterocycles. The molecule has 0 amide bonds. The molecule has 0 unspecified atom stereocenters. The Morgan fingerprint density at radius 3 is 2.65 bits per heavy atom. The van der Waals surface area contributed by atoms with Gasteiger partial charge in [0.2, 0.25) is 0 Å². The zero-order chi connectivity index (χ0) is 16.6. The van der Waals surface area contributed by atoms with Gasteiger partial charge in [0.1, 0.15) is 17.5 Å². The third-order valence-electron chi connectivity index (χ3n) is 3.88. The van der Waals surface area contributed by atoms with Crippen LogP contribution < -0.4 is 5.73 Å². The maximum atomic E-state index is 9.52. The minimum absolute atomic E-state index is 0.226. The number of nitriles is 1. The molecule has 0 fully saturated rings. The second kappa shape index (κ2) is 5.79. The first-order valence-electron chi connectivity index (χ1n) is 7.10. The van der Waals surface area contributed by atoms with E-state index in [2.05, 4.69) is 11.1 Å². The van der Waals surface area contributed by atoms with Gasteiger partial charge in [-0.3, -0.25) is 0 Å². The van der Waals surface area contributed by atoms with Crippen LogP contribution >= 0.6 is 11.6 Å². The predicted molar refractivity (Wildman–Crippen MR) is 93.0 cm³/mol. The lowest BCUT2D eigenvalue weighted by Crippen LogP contribution is -2.05. The standard InChI is InChI=1S/C18H15ClN4/c1-11-16(15-7-4-8-23(15)2)14(10-20)18(21)22-17(11)12-5-3-6-13(19)9-12/h3-9H,1-2H3,(H2,21,22). The first-order valence-corrected chi connectivity index (χ1v) is 7.48. The Hall–Kier alpha value is -2.77. The van der Waals surface area contributed by atoms with Crippen LogP contribution in [0.2, 0.25) is 5.02 Å². The number of nitrogens with two attached hydrogens (primary N) is 1. The van der Waals surface area contributed by atoms with E-state index in [9.17, 15) is 5.26 Å². The van der Waals surface area contributed by atoms with Gasteiger partial charge in [0.05, 0.1) is 5.69 Å². The minimum atomic E-state index is 0.226. The van der Waals surface area contributed by atoms with Gasteiger partial charge in [0.15, 0.2) is 0 Å². The summed E-state index contributed by atoms with van der Waals surface area (Å²) in [5.74, 6) is 0.226. The number of rotatable bonds is 2. The summed E-state index contributed by atoms with van der Waals surface area (Å²) in [6.07, 6.45) is 1.94. The van der Waals surface area contributed by atoms with Gasteiger partial charge in [-0.05, 0) is 36.8 Å². The highest BCUT2D eigenvalue weighted by molar-refractivity contribution is 6.30. The number of pyridine rings is 1. The summed E-state index contributed by atoms with van der Waals surface area (Å²) in [6, 6.07) is 13.5. The van der Waals surface area contributed by atoms with Gasteiger partial charge in [-0.1, -0.05) is 23.7 Å². The number of nitrogens with zero attached hydrogens (tertiary/aromatic N) is 3. The fourth-order valence-corrected chi connectivity index (χ4v) is 2.96. The number of anilines is 1. The molecule has 4 nitrogen and oxygen atoms in total. The van der Waals surface area contributed by atoms with Gasteiger partial charge in [0.25, 0.3) is 0 Å². The number of halogens is 1. The van der Waals surface area contributed by atoms with E-state index in [-0.39, 0.29) is 5.82 Å². The molecule has 0 saturated carbocycles. The van der Waals surface area contributed by atoms with Crippen LogP contribution in [0, 0.1) is 18.3 Å². The second-order valence-electron chi connectivity index (χ2n) is 5.35. The van der Waals surface area contributed by atoms with Crippen LogP contribution in [-0.4, -0.2) is 9.55 Å². The van der Waals surface area contributed by atoms with E-state index in [4.69, 9.17) is 17.3 Å². The summed E-state index contributed by atoms with van der Waals surface area (Å²) in [7, 11) is 1.94. The second-order valence-corrected chi connectivity index (χ2v) is 5.78. The molecule has 3 aromatic rings. The van der Waals surface area contributed by atoms with Crippen molar-refractivity contribution in [3.05, 3.63) is 58.7 Å². The molecule has 114 valence electrons. The molecule has 0 atom stereocenters. The van der Waals surface area contributed by atoms with Gasteiger partial charge >= 0.3 is 0 Å². The number of hydrogen-bond acceptors (Lipinski definition) is 3. The van der Waals surface area contributed by atoms with E-state index < -0.39 is 0 Å². The molecule has 0 aliphatic heterocycles. The lowest BCUT2D eigenvalue weighted by atomic mass is 9.96.